The standard InChI is InChI=1S/C16H28N6OS/c1-13-19-15(12-24-13)11-20(4)16(17-3)18-5-6-21-7-9-22(10-8-21)14(2)23/h12H,5-11H2,1-4H3,(H,17,18). The van der Waals surface area contributed by atoms with Gasteiger partial charge in [-0.05, 0) is 6.92 Å². The number of rotatable bonds is 5. The van der Waals surface area contributed by atoms with E-state index in [1.54, 1.807) is 25.3 Å². The molecule has 1 fully saturated rings. The van der Waals surface area contributed by atoms with Gasteiger partial charge in [0, 0.05) is 65.7 Å². The van der Waals surface area contributed by atoms with Crippen LogP contribution >= 0.6 is 11.3 Å². The largest absolute Gasteiger partial charge is 0.355 e. The number of guanidine groups is 1. The van der Waals surface area contributed by atoms with Gasteiger partial charge in [-0.2, -0.15) is 0 Å². The van der Waals surface area contributed by atoms with E-state index in [1.807, 2.05) is 18.9 Å². The van der Waals surface area contributed by atoms with Crippen molar-refractivity contribution >= 4 is 23.2 Å². The molecular formula is C16H28N6OS. The maximum Gasteiger partial charge on any atom is 0.219 e. The molecule has 1 N–H and O–H groups in total. The van der Waals surface area contributed by atoms with Crippen LogP contribution in [0.15, 0.2) is 10.4 Å². The Kier molecular flexibility index (Phi) is 6.99. The van der Waals surface area contributed by atoms with Gasteiger partial charge in [-0.15, -0.1) is 11.3 Å². The van der Waals surface area contributed by atoms with Gasteiger partial charge in [-0.25, -0.2) is 4.98 Å². The summed E-state index contributed by atoms with van der Waals surface area (Å²) in [6.07, 6.45) is 0. The number of thiazole rings is 1. The topological polar surface area (TPSA) is 64.1 Å². The molecule has 24 heavy (non-hydrogen) atoms. The molecule has 0 radical (unpaired) electrons. The van der Waals surface area contributed by atoms with E-state index in [2.05, 4.69) is 30.5 Å². The summed E-state index contributed by atoms with van der Waals surface area (Å²) in [6, 6.07) is 0. The number of hydrogen-bond acceptors (Lipinski definition) is 5. The summed E-state index contributed by atoms with van der Waals surface area (Å²) in [7, 11) is 3.83. The molecule has 1 saturated heterocycles. The molecule has 1 aliphatic rings. The zero-order valence-electron chi connectivity index (χ0n) is 15.1. The molecule has 0 aliphatic carbocycles. The fourth-order valence-electron chi connectivity index (χ4n) is 2.80. The second kappa shape index (κ2) is 8.98. The molecule has 8 heteroatoms. The number of aliphatic imine (C=N–C) groups is 1. The van der Waals surface area contributed by atoms with Crippen molar-refractivity contribution in [3.8, 4) is 0 Å². The molecule has 1 aromatic heterocycles. The highest BCUT2D eigenvalue weighted by Crippen LogP contribution is 2.09. The van der Waals surface area contributed by atoms with Crippen molar-refractivity contribution < 1.29 is 4.79 Å². The third kappa shape index (κ3) is 5.45. The number of nitrogens with zero attached hydrogens (tertiary/aromatic N) is 5. The van der Waals surface area contributed by atoms with Crippen LogP contribution in [0.1, 0.15) is 17.6 Å². The Hall–Kier alpha value is -1.67. The lowest BCUT2D eigenvalue weighted by Gasteiger charge is -2.34. The maximum atomic E-state index is 11.3. The SMILES string of the molecule is CN=C(NCCN1CCN(C(C)=O)CC1)N(C)Cc1csc(C)n1. The minimum absolute atomic E-state index is 0.173. The van der Waals surface area contributed by atoms with Gasteiger partial charge >= 0.3 is 0 Å². The minimum atomic E-state index is 0.173. The molecule has 1 aromatic rings. The molecular weight excluding hydrogens is 324 g/mol. The van der Waals surface area contributed by atoms with Crippen LogP contribution in [-0.4, -0.2) is 84.9 Å². The summed E-state index contributed by atoms with van der Waals surface area (Å²) in [4.78, 5) is 26.6. The summed E-state index contributed by atoms with van der Waals surface area (Å²) < 4.78 is 0. The lowest BCUT2D eigenvalue weighted by molar-refractivity contribution is -0.130. The number of amides is 1. The van der Waals surface area contributed by atoms with Gasteiger partial charge in [0.05, 0.1) is 17.2 Å². The van der Waals surface area contributed by atoms with Gasteiger partial charge in [0.15, 0.2) is 5.96 Å². The van der Waals surface area contributed by atoms with Crippen molar-refractivity contribution in [2.45, 2.75) is 20.4 Å². The summed E-state index contributed by atoms with van der Waals surface area (Å²) in [5, 5.41) is 6.59. The van der Waals surface area contributed by atoms with Crippen molar-refractivity contribution in [3.05, 3.63) is 16.1 Å². The van der Waals surface area contributed by atoms with Crippen molar-refractivity contribution in [3.63, 3.8) is 0 Å². The Labute approximate surface area is 148 Å². The van der Waals surface area contributed by atoms with E-state index in [0.717, 1.165) is 62.5 Å². The fraction of sp³-hybridized carbons (Fsp3) is 0.688. The lowest BCUT2D eigenvalue weighted by atomic mass is 10.3. The van der Waals surface area contributed by atoms with E-state index in [-0.39, 0.29) is 5.91 Å². The fourth-order valence-corrected chi connectivity index (χ4v) is 3.40. The number of piperazine rings is 1. The highest BCUT2D eigenvalue weighted by Gasteiger charge is 2.18. The van der Waals surface area contributed by atoms with Gasteiger partial charge < -0.3 is 15.1 Å². The molecule has 1 aliphatic heterocycles. The van der Waals surface area contributed by atoms with Crippen molar-refractivity contribution in [1.82, 2.24) is 25.0 Å². The van der Waals surface area contributed by atoms with Crippen LogP contribution in [0.4, 0.5) is 0 Å². The first-order chi connectivity index (χ1) is 11.5. The number of carbonyl (C=O) groups excluding carboxylic acids is 1. The average molecular weight is 353 g/mol. The summed E-state index contributed by atoms with van der Waals surface area (Å²) >= 11 is 1.67. The number of hydrogen-bond donors (Lipinski definition) is 1. The zero-order chi connectivity index (χ0) is 17.5. The van der Waals surface area contributed by atoms with Gasteiger partial charge in [-0.3, -0.25) is 14.7 Å². The Morgan fingerprint density at radius 1 is 1.42 bits per heavy atom. The second-order valence-corrected chi connectivity index (χ2v) is 7.10. The molecule has 0 bridgehead atoms. The lowest BCUT2D eigenvalue weighted by Crippen LogP contribution is -2.50. The number of aromatic nitrogens is 1. The second-order valence-electron chi connectivity index (χ2n) is 6.04. The summed E-state index contributed by atoms with van der Waals surface area (Å²) in [5.74, 6) is 1.05. The summed E-state index contributed by atoms with van der Waals surface area (Å²) in [5.41, 5.74) is 1.07. The van der Waals surface area contributed by atoms with Crippen molar-refractivity contribution in [2.24, 2.45) is 4.99 Å². The quantitative estimate of drug-likeness (QED) is 0.622. The van der Waals surface area contributed by atoms with E-state index in [9.17, 15) is 4.79 Å². The number of carbonyl (C=O) groups is 1. The van der Waals surface area contributed by atoms with Crippen molar-refractivity contribution in [1.29, 1.82) is 0 Å². The van der Waals surface area contributed by atoms with E-state index >= 15 is 0 Å². The predicted molar refractivity (Wildman–Crippen MR) is 98.4 cm³/mol. The van der Waals surface area contributed by atoms with Crippen LogP contribution < -0.4 is 5.32 Å². The van der Waals surface area contributed by atoms with E-state index in [1.165, 1.54) is 0 Å². The first-order valence-electron chi connectivity index (χ1n) is 8.30. The van der Waals surface area contributed by atoms with Gasteiger partial charge in [0.1, 0.15) is 0 Å². The van der Waals surface area contributed by atoms with E-state index < -0.39 is 0 Å². The Morgan fingerprint density at radius 3 is 2.67 bits per heavy atom. The highest BCUT2D eigenvalue weighted by atomic mass is 32.1. The molecule has 0 aromatic carbocycles. The minimum Gasteiger partial charge on any atom is -0.355 e. The van der Waals surface area contributed by atoms with Crippen LogP contribution in [0.25, 0.3) is 0 Å². The first-order valence-corrected chi connectivity index (χ1v) is 9.18. The van der Waals surface area contributed by atoms with Gasteiger partial charge in [0.2, 0.25) is 5.91 Å². The molecule has 2 rings (SSSR count). The number of nitrogens with one attached hydrogen (secondary N) is 1. The normalized spacial score (nSPS) is 16.3. The molecule has 0 spiro atoms. The van der Waals surface area contributed by atoms with Crippen LogP contribution in [0.2, 0.25) is 0 Å². The van der Waals surface area contributed by atoms with Crippen LogP contribution in [0.3, 0.4) is 0 Å². The smallest absolute Gasteiger partial charge is 0.219 e. The van der Waals surface area contributed by atoms with Crippen molar-refractivity contribution in [2.75, 3.05) is 53.4 Å². The highest BCUT2D eigenvalue weighted by molar-refractivity contribution is 7.09. The zero-order valence-corrected chi connectivity index (χ0v) is 15.9. The molecule has 0 atom stereocenters. The van der Waals surface area contributed by atoms with Crippen LogP contribution in [-0.2, 0) is 11.3 Å². The van der Waals surface area contributed by atoms with Gasteiger partial charge in [0.25, 0.3) is 0 Å². The predicted octanol–water partition coefficient (Wildman–Crippen LogP) is 0.623. The Balaban J connectivity index is 1.71. The van der Waals surface area contributed by atoms with Gasteiger partial charge in [-0.1, -0.05) is 0 Å². The third-order valence-electron chi connectivity index (χ3n) is 4.17. The third-order valence-corrected chi connectivity index (χ3v) is 4.99. The molecule has 0 unspecified atom stereocenters. The Morgan fingerprint density at radius 2 is 2.12 bits per heavy atom. The van der Waals surface area contributed by atoms with E-state index in [0.29, 0.717) is 0 Å². The Bertz CT molecular complexity index is 565. The monoisotopic (exact) mass is 352 g/mol. The van der Waals surface area contributed by atoms with Crippen LogP contribution in [0.5, 0.6) is 0 Å². The molecule has 0 saturated carbocycles. The first kappa shape index (κ1) is 18.7. The molecule has 134 valence electrons. The van der Waals surface area contributed by atoms with Crippen LogP contribution in [0, 0.1) is 6.92 Å². The molecule has 1 amide bonds. The summed E-state index contributed by atoms with van der Waals surface area (Å²) in [6.45, 7) is 9.73. The molecule has 7 nitrogen and oxygen atoms in total. The number of aryl methyl sites for hydroxylation is 1. The molecule has 2 heterocycles. The average Bonchev–Trinajstić information content (AvgIpc) is 2.96. The maximum absolute atomic E-state index is 11.3. The van der Waals surface area contributed by atoms with E-state index in [4.69, 9.17) is 0 Å².